The number of ether oxygens (including phenoxy) is 2. The molecule has 0 aliphatic carbocycles. The van der Waals surface area contributed by atoms with Crippen LogP contribution in [0, 0.1) is 12.8 Å². The van der Waals surface area contributed by atoms with E-state index >= 15 is 0 Å². The fraction of sp³-hybridized carbons (Fsp3) is 0.312. The molecule has 1 unspecified atom stereocenters. The first-order valence-electron chi connectivity index (χ1n) is 7.53. The van der Waals surface area contributed by atoms with Gasteiger partial charge in [-0.2, -0.15) is 0 Å². The lowest BCUT2D eigenvalue weighted by molar-refractivity contribution is -0.122. The van der Waals surface area contributed by atoms with Gasteiger partial charge in [-0.25, -0.2) is 4.98 Å². The predicted molar refractivity (Wildman–Crippen MR) is 88.5 cm³/mol. The van der Waals surface area contributed by atoms with Crippen molar-refractivity contribution in [3.05, 3.63) is 29.3 Å². The Labute approximate surface area is 142 Å². The number of amides is 2. The maximum absolute atomic E-state index is 12.4. The van der Waals surface area contributed by atoms with Gasteiger partial charge in [0.1, 0.15) is 0 Å². The van der Waals surface area contributed by atoms with Crippen molar-refractivity contribution in [2.75, 3.05) is 23.6 Å². The Balaban J connectivity index is 1.47. The molecular weight excluding hydrogens is 330 g/mol. The van der Waals surface area contributed by atoms with Crippen LogP contribution in [0.2, 0.25) is 0 Å². The van der Waals surface area contributed by atoms with Crippen LogP contribution in [0.25, 0.3) is 0 Å². The molecule has 0 spiro atoms. The lowest BCUT2D eigenvalue weighted by Crippen LogP contribution is -2.28. The summed E-state index contributed by atoms with van der Waals surface area (Å²) >= 11 is 1.41. The van der Waals surface area contributed by atoms with E-state index in [1.54, 1.807) is 29.3 Å². The molecule has 0 radical (unpaired) electrons. The van der Waals surface area contributed by atoms with Gasteiger partial charge in [0.05, 0.1) is 5.92 Å². The molecule has 3 heterocycles. The van der Waals surface area contributed by atoms with E-state index in [2.05, 4.69) is 10.3 Å². The lowest BCUT2D eigenvalue weighted by atomic mass is 10.1. The number of carbonyl (C=O) groups excluding carboxylic acids is 2. The fourth-order valence-corrected chi connectivity index (χ4v) is 3.47. The normalized spacial score (nSPS) is 19.0. The van der Waals surface area contributed by atoms with Gasteiger partial charge in [0.15, 0.2) is 16.6 Å². The third-order valence-corrected chi connectivity index (χ3v) is 4.84. The van der Waals surface area contributed by atoms with Crippen LogP contribution < -0.4 is 19.7 Å². The molecule has 1 saturated heterocycles. The van der Waals surface area contributed by atoms with E-state index in [4.69, 9.17) is 9.47 Å². The molecule has 2 aliphatic heterocycles. The Morgan fingerprint density at radius 2 is 2.21 bits per heavy atom. The average Bonchev–Trinajstić information content (AvgIpc) is 3.26. The van der Waals surface area contributed by atoms with Crippen LogP contribution in [0.1, 0.15) is 11.3 Å². The topological polar surface area (TPSA) is 80.8 Å². The number of nitrogens with one attached hydrogen (secondary N) is 1. The summed E-state index contributed by atoms with van der Waals surface area (Å²) in [7, 11) is 0. The Morgan fingerprint density at radius 1 is 1.38 bits per heavy atom. The summed E-state index contributed by atoms with van der Waals surface area (Å²) in [6, 6.07) is 5.34. The highest BCUT2D eigenvalue weighted by Gasteiger charge is 2.36. The number of aryl methyl sites for hydroxylation is 1. The van der Waals surface area contributed by atoms with Gasteiger partial charge in [0.2, 0.25) is 18.6 Å². The number of aromatic nitrogens is 1. The highest BCUT2D eigenvalue weighted by Crippen LogP contribution is 2.37. The molecule has 1 aromatic carbocycles. The zero-order valence-corrected chi connectivity index (χ0v) is 13.8. The number of thiazole rings is 1. The summed E-state index contributed by atoms with van der Waals surface area (Å²) in [5.41, 5.74) is 0.713. The van der Waals surface area contributed by atoms with Crippen molar-refractivity contribution in [1.29, 1.82) is 0 Å². The zero-order chi connectivity index (χ0) is 16.7. The fourth-order valence-electron chi connectivity index (χ4n) is 2.81. The predicted octanol–water partition coefficient (Wildman–Crippen LogP) is 2.17. The summed E-state index contributed by atoms with van der Waals surface area (Å²) in [5.74, 6) is 0.627. The van der Waals surface area contributed by atoms with Gasteiger partial charge in [0.25, 0.3) is 0 Å². The minimum Gasteiger partial charge on any atom is -0.454 e. The Kier molecular flexibility index (Phi) is 3.61. The largest absolute Gasteiger partial charge is 0.454 e. The molecule has 4 rings (SSSR count). The van der Waals surface area contributed by atoms with E-state index < -0.39 is 5.92 Å². The van der Waals surface area contributed by atoms with Gasteiger partial charge in [-0.05, 0) is 19.1 Å². The van der Waals surface area contributed by atoms with Crippen LogP contribution in [0.3, 0.4) is 0 Å². The molecule has 0 saturated carbocycles. The highest BCUT2D eigenvalue weighted by molar-refractivity contribution is 7.15. The Morgan fingerprint density at radius 3 is 3.00 bits per heavy atom. The molecule has 8 heteroatoms. The van der Waals surface area contributed by atoms with Crippen molar-refractivity contribution in [2.24, 2.45) is 5.92 Å². The highest BCUT2D eigenvalue weighted by atomic mass is 32.1. The van der Waals surface area contributed by atoms with Crippen molar-refractivity contribution < 1.29 is 19.1 Å². The number of rotatable bonds is 3. The van der Waals surface area contributed by atoms with E-state index in [1.807, 2.05) is 6.92 Å². The molecule has 2 aliphatic rings. The van der Waals surface area contributed by atoms with Crippen LogP contribution >= 0.6 is 11.3 Å². The quantitative estimate of drug-likeness (QED) is 0.922. The van der Waals surface area contributed by atoms with Crippen LogP contribution in [0.15, 0.2) is 24.4 Å². The first-order chi connectivity index (χ1) is 11.6. The molecule has 0 bridgehead atoms. The molecule has 2 amide bonds. The summed E-state index contributed by atoms with van der Waals surface area (Å²) in [6.07, 6.45) is 1.89. The summed E-state index contributed by atoms with van der Waals surface area (Å²) in [4.78, 5) is 31.4. The monoisotopic (exact) mass is 345 g/mol. The van der Waals surface area contributed by atoms with Crippen molar-refractivity contribution in [2.45, 2.75) is 13.3 Å². The summed E-state index contributed by atoms with van der Waals surface area (Å²) in [6.45, 7) is 2.45. The second-order valence-corrected chi connectivity index (χ2v) is 6.94. The van der Waals surface area contributed by atoms with Crippen molar-refractivity contribution in [1.82, 2.24) is 4.98 Å². The van der Waals surface area contributed by atoms with E-state index in [1.165, 1.54) is 11.3 Å². The van der Waals surface area contributed by atoms with E-state index in [0.717, 1.165) is 4.88 Å². The maximum Gasteiger partial charge on any atom is 0.231 e. The van der Waals surface area contributed by atoms with E-state index in [-0.39, 0.29) is 25.0 Å². The summed E-state index contributed by atoms with van der Waals surface area (Å²) < 4.78 is 10.6. The molecule has 1 atom stereocenters. The first kappa shape index (κ1) is 14.9. The van der Waals surface area contributed by atoms with Crippen molar-refractivity contribution in [3.63, 3.8) is 0 Å². The number of anilines is 2. The minimum absolute atomic E-state index is 0.0793. The molecule has 7 nitrogen and oxygen atoms in total. The van der Waals surface area contributed by atoms with Crippen LogP contribution in [0.5, 0.6) is 11.5 Å². The molecule has 24 heavy (non-hydrogen) atoms. The van der Waals surface area contributed by atoms with Crippen LogP contribution in [0.4, 0.5) is 10.8 Å². The second-order valence-electron chi connectivity index (χ2n) is 5.71. The van der Waals surface area contributed by atoms with E-state index in [0.29, 0.717) is 28.9 Å². The number of fused-ring (bicyclic) bond motifs is 1. The zero-order valence-electron chi connectivity index (χ0n) is 12.9. The van der Waals surface area contributed by atoms with Gasteiger partial charge in [0, 0.05) is 35.8 Å². The minimum atomic E-state index is -0.396. The van der Waals surface area contributed by atoms with E-state index in [9.17, 15) is 9.59 Å². The SMILES string of the molecule is Cc1cnc(NC(=O)C2CC(=O)N(c3ccc4c(c3)OCO4)C2)s1. The standard InChI is InChI=1S/C16H15N3O4S/c1-9-6-17-16(24-9)18-15(21)10-4-14(20)19(7-10)11-2-3-12-13(5-11)23-8-22-12/h2-3,5-6,10H,4,7-8H2,1H3,(H,17,18,21). The summed E-state index contributed by atoms with van der Waals surface area (Å²) in [5, 5.41) is 3.35. The average molecular weight is 345 g/mol. The Hall–Kier alpha value is -2.61. The smallest absolute Gasteiger partial charge is 0.231 e. The molecule has 1 fully saturated rings. The molecule has 1 aromatic heterocycles. The van der Waals surface area contributed by atoms with Gasteiger partial charge >= 0.3 is 0 Å². The number of nitrogens with zero attached hydrogens (tertiary/aromatic N) is 2. The third kappa shape index (κ3) is 2.69. The Bertz CT molecular complexity index is 819. The van der Waals surface area contributed by atoms with Crippen LogP contribution in [-0.2, 0) is 9.59 Å². The lowest BCUT2D eigenvalue weighted by Gasteiger charge is -2.17. The first-order valence-corrected chi connectivity index (χ1v) is 8.35. The number of hydrogen-bond donors (Lipinski definition) is 1. The third-order valence-electron chi connectivity index (χ3n) is 4.02. The van der Waals surface area contributed by atoms with Gasteiger partial charge in [-0.15, -0.1) is 11.3 Å². The van der Waals surface area contributed by atoms with Crippen molar-refractivity contribution in [3.8, 4) is 11.5 Å². The number of benzene rings is 1. The van der Waals surface area contributed by atoms with Gasteiger partial charge < -0.3 is 19.7 Å². The molecule has 2 aromatic rings. The maximum atomic E-state index is 12.4. The number of carbonyl (C=O) groups is 2. The number of hydrogen-bond acceptors (Lipinski definition) is 6. The molecule has 124 valence electrons. The van der Waals surface area contributed by atoms with Gasteiger partial charge in [-0.3, -0.25) is 9.59 Å². The second kappa shape index (κ2) is 5.79. The molecular formula is C16H15N3O4S. The van der Waals surface area contributed by atoms with Crippen molar-refractivity contribution >= 4 is 34.0 Å². The molecule has 1 N–H and O–H groups in total. The van der Waals surface area contributed by atoms with Crippen LogP contribution in [-0.4, -0.2) is 30.1 Å². The van der Waals surface area contributed by atoms with Gasteiger partial charge in [-0.1, -0.05) is 0 Å².